The summed E-state index contributed by atoms with van der Waals surface area (Å²) in [4.78, 5) is 11.1. The van der Waals surface area contributed by atoms with Crippen molar-refractivity contribution in [3.63, 3.8) is 0 Å². The summed E-state index contributed by atoms with van der Waals surface area (Å²) in [6.45, 7) is 0.673. The summed E-state index contributed by atoms with van der Waals surface area (Å²) in [5, 5.41) is 9.08. The van der Waals surface area contributed by atoms with Crippen molar-refractivity contribution in [1.82, 2.24) is 0 Å². The number of methoxy groups -OCH3 is 1. The second-order valence-corrected chi connectivity index (χ2v) is 3.48. The standard InChI is InChI=1S/C10H9ClO5/c1-14-5-4-6-9(16-3-2-15-6)7(8(5)11)10(12)13/h4H,2-3H2,1H3,(H,12,13). The highest BCUT2D eigenvalue weighted by Crippen LogP contribution is 2.43. The van der Waals surface area contributed by atoms with Crippen molar-refractivity contribution >= 4 is 17.6 Å². The Bertz CT molecular complexity index is 443. The Labute approximate surface area is 96.5 Å². The van der Waals surface area contributed by atoms with Crippen molar-refractivity contribution in [2.75, 3.05) is 20.3 Å². The molecule has 0 amide bonds. The Morgan fingerprint density at radius 1 is 1.50 bits per heavy atom. The zero-order valence-corrected chi connectivity index (χ0v) is 9.21. The number of carboxylic acids is 1. The van der Waals surface area contributed by atoms with Crippen molar-refractivity contribution in [2.24, 2.45) is 0 Å². The molecule has 1 aromatic carbocycles. The van der Waals surface area contributed by atoms with E-state index < -0.39 is 5.97 Å². The van der Waals surface area contributed by atoms with Crippen LogP contribution in [0.1, 0.15) is 10.4 Å². The van der Waals surface area contributed by atoms with E-state index in [1.165, 1.54) is 13.2 Å². The first-order valence-electron chi connectivity index (χ1n) is 4.54. The van der Waals surface area contributed by atoms with E-state index in [1.807, 2.05) is 0 Å². The fraction of sp³-hybridized carbons (Fsp3) is 0.300. The highest BCUT2D eigenvalue weighted by molar-refractivity contribution is 6.35. The van der Waals surface area contributed by atoms with Crippen LogP contribution in [0.25, 0.3) is 0 Å². The van der Waals surface area contributed by atoms with Gasteiger partial charge in [0.1, 0.15) is 29.5 Å². The molecule has 0 unspecified atom stereocenters. The minimum atomic E-state index is -1.18. The summed E-state index contributed by atoms with van der Waals surface area (Å²) in [6.07, 6.45) is 0. The molecular weight excluding hydrogens is 236 g/mol. The van der Waals surface area contributed by atoms with Crippen molar-refractivity contribution in [3.05, 3.63) is 16.7 Å². The van der Waals surface area contributed by atoms with Crippen molar-refractivity contribution in [3.8, 4) is 17.2 Å². The number of carbonyl (C=O) groups is 1. The van der Waals surface area contributed by atoms with Crippen LogP contribution in [0.5, 0.6) is 17.2 Å². The van der Waals surface area contributed by atoms with Gasteiger partial charge in [0.05, 0.1) is 7.11 Å². The van der Waals surface area contributed by atoms with Gasteiger partial charge in [-0.1, -0.05) is 11.6 Å². The first-order valence-corrected chi connectivity index (χ1v) is 4.92. The number of halogens is 1. The number of hydrogen-bond acceptors (Lipinski definition) is 4. The number of benzene rings is 1. The number of fused-ring (bicyclic) bond motifs is 1. The summed E-state index contributed by atoms with van der Waals surface area (Å²) in [5.74, 6) is -0.427. The van der Waals surface area contributed by atoms with E-state index in [0.29, 0.717) is 19.0 Å². The van der Waals surface area contributed by atoms with Crippen LogP contribution in [0, 0.1) is 0 Å². The lowest BCUT2D eigenvalue weighted by Gasteiger charge is -2.21. The highest BCUT2D eigenvalue weighted by atomic mass is 35.5. The molecule has 1 aliphatic rings. The van der Waals surface area contributed by atoms with Gasteiger partial charge in [-0.3, -0.25) is 0 Å². The topological polar surface area (TPSA) is 65.0 Å². The molecule has 0 saturated heterocycles. The van der Waals surface area contributed by atoms with Crippen LogP contribution in [-0.2, 0) is 0 Å². The van der Waals surface area contributed by atoms with E-state index in [2.05, 4.69) is 0 Å². The largest absolute Gasteiger partial charge is 0.495 e. The van der Waals surface area contributed by atoms with Crippen molar-refractivity contribution < 1.29 is 24.1 Å². The Morgan fingerprint density at radius 3 is 2.81 bits per heavy atom. The Kier molecular flexibility index (Phi) is 2.78. The predicted octanol–water partition coefficient (Wildman–Crippen LogP) is 1.82. The van der Waals surface area contributed by atoms with Gasteiger partial charge in [0.2, 0.25) is 0 Å². The predicted molar refractivity (Wildman–Crippen MR) is 56.0 cm³/mol. The quantitative estimate of drug-likeness (QED) is 0.860. The average molecular weight is 245 g/mol. The molecule has 0 bridgehead atoms. The van der Waals surface area contributed by atoms with Gasteiger partial charge >= 0.3 is 5.97 Å². The number of carboxylic acid groups (broad SMARTS) is 1. The second kappa shape index (κ2) is 4.09. The molecule has 5 nitrogen and oxygen atoms in total. The van der Waals surface area contributed by atoms with Crippen LogP contribution < -0.4 is 14.2 Å². The second-order valence-electron chi connectivity index (χ2n) is 3.10. The van der Waals surface area contributed by atoms with E-state index in [-0.39, 0.29) is 22.1 Å². The molecule has 0 saturated carbocycles. The Hall–Kier alpha value is -1.62. The molecule has 1 aliphatic heterocycles. The Balaban J connectivity index is 2.67. The number of aromatic carboxylic acids is 1. The molecule has 86 valence electrons. The van der Waals surface area contributed by atoms with E-state index in [4.69, 9.17) is 30.9 Å². The first kappa shape index (κ1) is 10.9. The summed E-state index contributed by atoms with van der Waals surface area (Å²) in [7, 11) is 1.41. The molecule has 0 spiro atoms. The Morgan fingerprint density at radius 2 is 2.19 bits per heavy atom. The number of ether oxygens (including phenoxy) is 3. The smallest absolute Gasteiger partial charge is 0.341 e. The first-order chi connectivity index (χ1) is 7.65. The third-order valence-corrected chi connectivity index (χ3v) is 2.55. The molecule has 2 rings (SSSR count). The zero-order chi connectivity index (χ0) is 11.7. The van der Waals surface area contributed by atoms with Crippen LogP contribution in [0.2, 0.25) is 5.02 Å². The molecule has 6 heteroatoms. The van der Waals surface area contributed by atoms with Crippen LogP contribution in [0.4, 0.5) is 0 Å². The van der Waals surface area contributed by atoms with E-state index >= 15 is 0 Å². The van der Waals surface area contributed by atoms with Gasteiger partial charge in [-0.05, 0) is 0 Å². The van der Waals surface area contributed by atoms with Crippen molar-refractivity contribution in [1.29, 1.82) is 0 Å². The maximum atomic E-state index is 11.1. The summed E-state index contributed by atoms with van der Waals surface area (Å²) < 4.78 is 15.5. The molecular formula is C10H9ClO5. The molecule has 0 aliphatic carbocycles. The SMILES string of the molecule is COc1cc2c(c(C(=O)O)c1Cl)OCCO2. The summed E-state index contributed by atoms with van der Waals surface area (Å²) in [5.41, 5.74) is -0.129. The third-order valence-electron chi connectivity index (χ3n) is 2.17. The van der Waals surface area contributed by atoms with E-state index in [9.17, 15) is 4.79 Å². The molecule has 1 heterocycles. The zero-order valence-electron chi connectivity index (χ0n) is 8.45. The van der Waals surface area contributed by atoms with Gasteiger partial charge in [0, 0.05) is 6.07 Å². The van der Waals surface area contributed by atoms with Crippen LogP contribution >= 0.6 is 11.6 Å². The van der Waals surface area contributed by atoms with Crippen LogP contribution in [-0.4, -0.2) is 31.4 Å². The van der Waals surface area contributed by atoms with E-state index in [1.54, 1.807) is 0 Å². The molecule has 0 aromatic heterocycles. The summed E-state index contributed by atoms with van der Waals surface area (Å²) >= 11 is 5.90. The molecule has 1 N–H and O–H groups in total. The molecule has 0 fully saturated rings. The minimum Gasteiger partial charge on any atom is -0.495 e. The lowest BCUT2D eigenvalue weighted by Crippen LogP contribution is -2.18. The lowest BCUT2D eigenvalue weighted by molar-refractivity contribution is 0.0685. The molecule has 0 atom stereocenters. The van der Waals surface area contributed by atoms with Gasteiger partial charge in [0.15, 0.2) is 11.5 Å². The highest BCUT2D eigenvalue weighted by Gasteiger charge is 2.26. The van der Waals surface area contributed by atoms with Crippen LogP contribution in [0.3, 0.4) is 0 Å². The monoisotopic (exact) mass is 244 g/mol. The normalized spacial score (nSPS) is 13.4. The third kappa shape index (κ3) is 1.63. The van der Waals surface area contributed by atoms with Gasteiger partial charge in [0.25, 0.3) is 0 Å². The van der Waals surface area contributed by atoms with E-state index in [0.717, 1.165) is 0 Å². The lowest BCUT2D eigenvalue weighted by atomic mass is 10.1. The van der Waals surface area contributed by atoms with Crippen molar-refractivity contribution in [2.45, 2.75) is 0 Å². The maximum absolute atomic E-state index is 11.1. The van der Waals surface area contributed by atoms with Gasteiger partial charge in [-0.15, -0.1) is 0 Å². The molecule has 0 radical (unpaired) electrons. The minimum absolute atomic E-state index is 0.0132. The van der Waals surface area contributed by atoms with Crippen LogP contribution in [0.15, 0.2) is 6.07 Å². The molecule has 16 heavy (non-hydrogen) atoms. The number of hydrogen-bond donors (Lipinski definition) is 1. The fourth-order valence-corrected chi connectivity index (χ4v) is 1.78. The fourth-order valence-electron chi connectivity index (χ4n) is 1.48. The van der Waals surface area contributed by atoms with Gasteiger partial charge < -0.3 is 19.3 Å². The van der Waals surface area contributed by atoms with Gasteiger partial charge in [-0.2, -0.15) is 0 Å². The maximum Gasteiger partial charge on any atom is 0.341 e. The average Bonchev–Trinajstić information content (AvgIpc) is 2.27. The number of rotatable bonds is 2. The summed E-state index contributed by atoms with van der Waals surface area (Å²) in [6, 6.07) is 1.52. The van der Waals surface area contributed by atoms with Gasteiger partial charge in [-0.25, -0.2) is 4.79 Å². The molecule has 1 aromatic rings.